The maximum atomic E-state index is 12.4. The number of aromatic hydroxyl groups is 2. The summed E-state index contributed by atoms with van der Waals surface area (Å²) in [5, 5.41) is 19.6. The minimum Gasteiger partial charge on any atom is -0.507 e. The summed E-state index contributed by atoms with van der Waals surface area (Å²) in [6.07, 6.45) is 0. The largest absolute Gasteiger partial charge is 0.507 e. The zero-order valence-electron chi connectivity index (χ0n) is 10.2. The Morgan fingerprint density at radius 1 is 0.650 bits per heavy atom. The molecule has 0 amide bonds. The molecule has 2 aromatic rings. The number of fused-ring (bicyclic) bond motifs is 2. The minimum atomic E-state index is -0.632. The molecule has 6 heteroatoms. The van der Waals surface area contributed by atoms with Crippen LogP contribution >= 0.6 is 0 Å². The molecule has 0 saturated carbocycles. The predicted molar refractivity (Wildman–Crippen MR) is 71.9 cm³/mol. The summed E-state index contributed by atoms with van der Waals surface area (Å²) >= 11 is 0. The van der Waals surface area contributed by atoms with Crippen LogP contribution in [0.1, 0.15) is 31.8 Å². The van der Waals surface area contributed by atoms with Gasteiger partial charge in [-0.3, -0.25) is 9.59 Å². The number of rotatable bonds is 0. The minimum absolute atomic E-state index is 0.0589. The van der Waals surface area contributed by atoms with Crippen LogP contribution in [0.3, 0.4) is 0 Å². The fourth-order valence-corrected chi connectivity index (χ4v) is 2.41. The second-order valence-corrected chi connectivity index (χ2v) is 4.51. The molecular weight excluding hydrogens is 260 g/mol. The molecule has 0 bridgehead atoms. The van der Waals surface area contributed by atoms with Crippen molar-refractivity contribution in [3.63, 3.8) is 0 Å². The van der Waals surface area contributed by atoms with Crippen LogP contribution in [-0.2, 0) is 0 Å². The molecule has 0 saturated heterocycles. The van der Waals surface area contributed by atoms with E-state index in [0.717, 1.165) is 0 Å². The summed E-state index contributed by atoms with van der Waals surface area (Å²) in [7, 11) is 0. The van der Waals surface area contributed by atoms with Gasteiger partial charge in [0, 0.05) is 11.4 Å². The predicted octanol–water partition coefficient (Wildman–Crippen LogP) is 1.04. The van der Waals surface area contributed by atoms with E-state index in [0.29, 0.717) is 0 Å². The number of ketones is 2. The zero-order valence-corrected chi connectivity index (χ0v) is 10.2. The quantitative estimate of drug-likeness (QED) is 0.357. The van der Waals surface area contributed by atoms with Crippen molar-refractivity contribution < 1.29 is 19.8 Å². The highest BCUT2D eigenvalue weighted by molar-refractivity contribution is 6.33. The Hall–Kier alpha value is -3.02. The number of hydrogen-bond donors (Lipinski definition) is 4. The second-order valence-electron chi connectivity index (χ2n) is 4.51. The van der Waals surface area contributed by atoms with E-state index in [9.17, 15) is 19.8 Å². The summed E-state index contributed by atoms with van der Waals surface area (Å²) in [6, 6.07) is 5.13. The van der Waals surface area contributed by atoms with Crippen LogP contribution in [-0.4, -0.2) is 21.8 Å². The van der Waals surface area contributed by atoms with E-state index >= 15 is 0 Å². The van der Waals surface area contributed by atoms with Gasteiger partial charge in [0.15, 0.2) is 0 Å². The van der Waals surface area contributed by atoms with Crippen molar-refractivity contribution in [2.45, 2.75) is 0 Å². The molecule has 3 rings (SSSR count). The Labute approximate surface area is 113 Å². The van der Waals surface area contributed by atoms with Crippen molar-refractivity contribution in [2.24, 2.45) is 0 Å². The highest BCUT2D eigenvalue weighted by atomic mass is 16.3. The van der Waals surface area contributed by atoms with Crippen molar-refractivity contribution >= 4 is 22.9 Å². The van der Waals surface area contributed by atoms with E-state index in [4.69, 9.17) is 11.5 Å². The lowest BCUT2D eigenvalue weighted by molar-refractivity contribution is 0.0975. The number of benzene rings is 2. The number of nitrogen functional groups attached to an aromatic ring is 2. The molecule has 0 aromatic heterocycles. The van der Waals surface area contributed by atoms with E-state index in [1.807, 2.05) is 0 Å². The van der Waals surface area contributed by atoms with Gasteiger partial charge < -0.3 is 21.7 Å². The third-order valence-corrected chi connectivity index (χ3v) is 3.34. The molecule has 6 N–H and O–H groups in total. The monoisotopic (exact) mass is 270 g/mol. The van der Waals surface area contributed by atoms with E-state index in [1.165, 1.54) is 24.3 Å². The SMILES string of the molecule is Nc1ccc(O)c2c1C(=O)c1c(O)ccc(N)c1C2=O. The molecular formula is C14H10N2O4. The second kappa shape index (κ2) is 3.74. The van der Waals surface area contributed by atoms with Crippen molar-refractivity contribution in [3.8, 4) is 11.5 Å². The van der Waals surface area contributed by atoms with Gasteiger partial charge in [-0.1, -0.05) is 0 Å². The number of phenolic OH excluding ortho intramolecular Hbond substituents is 2. The smallest absolute Gasteiger partial charge is 0.200 e. The molecule has 0 spiro atoms. The Morgan fingerprint density at radius 2 is 1.00 bits per heavy atom. The van der Waals surface area contributed by atoms with E-state index in [-0.39, 0.29) is 45.1 Å². The first kappa shape index (κ1) is 12.0. The standard InChI is InChI=1S/C14H10N2O4/c15-5-1-3-7(17)11-9(5)13(19)12-8(18)4-2-6(16)10(12)14(11)20/h1-4,17-18H,15-16H2. The maximum Gasteiger partial charge on any atom is 0.200 e. The first-order valence-electron chi connectivity index (χ1n) is 5.75. The van der Waals surface area contributed by atoms with Gasteiger partial charge in [-0.25, -0.2) is 0 Å². The van der Waals surface area contributed by atoms with Crippen LogP contribution in [0.4, 0.5) is 11.4 Å². The van der Waals surface area contributed by atoms with Crippen molar-refractivity contribution in [1.29, 1.82) is 0 Å². The lowest BCUT2D eigenvalue weighted by Gasteiger charge is -2.21. The van der Waals surface area contributed by atoms with Gasteiger partial charge in [0.1, 0.15) is 11.5 Å². The van der Waals surface area contributed by atoms with Gasteiger partial charge >= 0.3 is 0 Å². The van der Waals surface area contributed by atoms with Gasteiger partial charge in [0.05, 0.1) is 22.3 Å². The molecule has 20 heavy (non-hydrogen) atoms. The summed E-state index contributed by atoms with van der Waals surface area (Å²) < 4.78 is 0. The Balaban J connectivity index is 2.46. The maximum absolute atomic E-state index is 12.4. The van der Waals surface area contributed by atoms with E-state index < -0.39 is 11.6 Å². The number of hydrogen-bond acceptors (Lipinski definition) is 6. The van der Waals surface area contributed by atoms with Gasteiger partial charge in [0.25, 0.3) is 0 Å². The van der Waals surface area contributed by atoms with Gasteiger partial charge in [-0.05, 0) is 24.3 Å². The summed E-state index contributed by atoms with van der Waals surface area (Å²) in [5.74, 6) is -1.96. The summed E-state index contributed by atoms with van der Waals surface area (Å²) in [6.45, 7) is 0. The Morgan fingerprint density at radius 3 is 1.35 bits per heavy atom. The molecule has 0 radical (unpaired) electrons. The van der Waals surface area contributed by atoms with Crippen LogP contribution in [0, 0.1) is 0 Å². The van der Waals surface area contributed by atoms with Gasteiger partial charge in [0.2, 0.25) is 11.6 Å². The third-order valence-electron chi connectivity index (χ3n) is 3.34. The van der Waals surface area contributed by atoms with E-state index in [1.54, 1.807) is 0 Å². The Kier molecular flexibility index (Phi) is 2.25. The molecule has 6 nitrogen and oxygen atoms in total. The van der Waals surface area contributed by atoms with Gasteiger partial charge in [-0.2, -0.15) is 0 Å². The third kappa shape index (κ3) is 1.33. The average Bonchev–Trinajstić information content (AvgIpc) is 2.41. The average molecular weight is 270 g/mol. The van der Waals surface area contributed by atoms with Crippen molar-refractivity contribution in [2.75, 3.05) is 11.5 Å². The van der Waals surface area contributed by atoms with Crippen LogP contribution in [0.15, 0.2) is 24.3 Å². The number of carbonyl (C=O) groups excluding carboxylic acids is 2. The number of carbonyl (C=O) groups is 2. The highest BCUT2D eigenvalue weighted by Crippen LogP contribution is 2.40. The molecule has 100 valence electrons. The molecule has 0 fully saturated rings. The van der Waals surface area contributed by atoms with Crippen LogP contribution in [0.2, 0.25) is 0 Å². The lowest BCUT2D eigenvalue weighted by Crippen LogP contribution is -2.24. The Bertz CT molecular complexity index is 667. The number of nitrogens with two attached hydrogens (primary N) is 2. The number of phenols is 2. The van der Waals surface area contributed by atoms with Crippen LogP contribution in [0.25, 0.3) is 0 Å². The van der Waals surface area contributed by atoms with Crippen molar-refractivity contribution in [1.82, 2.24) is 0 Å². The van der Waals surface area contributed by atoms with Crippen LogP contribution < -0.4 is 11.5 Å². The molecule has 0 atom stereocenters. The van der Waals surface area contributed by atoms with E-state index in [2.05, 4.69) is 0 Å². The van der Waals surface area contributed by atoms with Crippen molar-refractivity contribution in [3.05, 3.63) is 46.5 Å². The number of anilines is 2. The topological polar surface area (TPSA) is 127 Å². The lowest BCUT2D eigenvalue weighted by atomic mass is 9.81. The molecule has 2 aromatic carbocycles. The van der Waals surface area contributed by atoms with Crippen LogP contribution in [0.5, 0.6) is 11.5 Å². The highest BCUT2D eigenvalue weighted by Gasteiger charge is 2.36. The molecule has 1 aliphatic carbocycles. The zero-order chi connectivity index (χ0) is 14.6. The first-order valence-corrected chi connectivity index (χ1v) is 5.75. The first-order chi connectivity index (χ1) is 9.43. The summed E-state index contributed by atoms with van der Waals surface area (Å²) in [5.41, 5.74) is 11.0. The molecule has 1 aliphatic rings. The molecule has 0 unspecified atom stereocenters. The molecule has 0 heterocycles. The molecule has 0 aliphatic heterocycles. The summed E-state index contributed by atoms with van der Waals surface area (Å²) in [4.78, 5) is 24.9. The van der Waals surface area contributed by atoms with Gasteiger partial charge in [-0.15, -0.1) is 0 Å². The fraction of sp³-hybridized carbons (Fsp3) is 0. The normalized spacial score (nSPS) is 13.0. The fourth-order valence-electron chi connectivity index (χ4n) is 2.41.